The summed E-state index contributed by atoms with van der Waals surface area (Å²) >= 11 is 5.92. The number of imide groups is 1. The van der Waals surface area contributed by atoms with Crippen molar-refractivity contribution in [3.63, 3.8) is 0 Å². The van der Waals surface area contributed by atoms with E-state index in [2.05, 4.69) is 10.3 Å². The van der Waals surface area contributed by atoms with Gasteiger partial charge in [-0.25, -0.2) is 0 Å². The largest absolute Gasteiger partial charge is 0.399 e. The van der Waals surface area contributed by atoms with Gasteiger partial charge < -0.3 is 5.73 Å². The standard InChI is InChI=1S/C17H11ClN4O4/c18-10-7-13-12(14(8-10)22(25)26)5-6-20-15(13)17(24)21-16(23)9-1-3-11(19)4-2-9/h1-8H,19H2,(H,21,23,24). The lowest BCUT2D eigenvalue weighted by atomic mass is 10.1. The minimum absolute atomic E-state index is 0.0797. The van der Waals surface area contributed by atoms with E-state index in [1.54, 1.807) is 0 Å². The van der Waals surface area contributed by atoms with Crippen LogP contribution in [0.15, 0.2) is 48.7 Å². The molecule has 9 heteroatoms. The Bertz CT molecular complexity index is 1050. The maximum absolute atomic E-state index is 12.5. The summed E-state index contributed by atoms with van der Waals surface area (Å²) in [6.45, 7) is 0. The number of amides is 2. The second-order valence-corrected chi connectivity index (χ2v) is 5.78. The fourth-order valence-corrected chi connectivity index (χ4v) is 2.64. The number of benzene rings is 2. The molecule has 0 aliphatic rings. The predicted molar refractivity (Wildman–Crippen MR) is 96.1 cm³/mol. The zero-order valence-corrected chi connectivity index (χ0v) is 13.9. The number of nitrogens with two attached hydrogens (primary N) is 1. The van der Waals surface area contributed by atoms with Crippen molar-refractivity contribution in [2.24, 2.45) is 0 Å². The van der Waals surface area contributed by atoms with Crippen LogP contribution in [0, 0.1) is 10.1 Å². The van der Waals surface area contributed by atoms with Crippen LogP contribution in [0.1, 0.15) is 20.8 Å². The first-order chi connectivity index (χ1) is 12.4. The van der Waals surface area contributed by atoms with Crippen LogP contribution in [-0.2, 0) is 0 Å². The number of hydrogen-bond acceptors (Lipinski definition) is 6. The lowest BCUT2D eigenvalue weighted by molar-refractivity contribution is -0.383. The zero-order valence-electron chi connectivity index (χ0n) is 13.1. The van der Waals surface area contributed by atoms with E-state index in [4.69, 9.17) is 17.3 Å². The molecule has 130 valence electrons. The van der Waals surface area contributed by atoms with Gasteiger partial charge in [0.25, 0.3) is 17.5 Å². The topological polar surface area (TPSA) is 128 Å². The van der Waals surface area contributed by atoms with E-state index < -0.39 is 16.7 Å². The van der Waals surface area contributed by atoms with E-state index in [0.717, 1.165) is 0 Å². The Hall–Kier alpha value is -3.52. The van der Waals surface area contributed by atoms with Crippen LogP contribution in [0.25, 0.3) is 10.8 Å². The van der Waals surface area contributed by atoms with Crippen molar-refractivity contribution in [1.82, 2.24) is 10.3 Å². The minimum Gasteiger partial charge on any atom is -0.399 e. The highest BCUT2D eigenvalue weighted by atomic mass is 35.5. The predicted octanol–water partition coefficient (Wildman–Crippen LogP) is 2.95. The Labute approximate surface area is 151 Å². The van der Waals surface area contributed by atoms with Crippen LogP contribution >= 0.6 is 11.6 Å². The molecule has 0 saturated heterocycles. The number of halogens is 1. The van der Waals surface area contributed by atoms with Gasteiger partial charge in [-0.3, -0.25) is 30.0 Å². The van der Waals surface area contributed by atoms with E-state index in [0.29, 0.717) is 5.69 Å². The van der Waals surface area contributed by atoms with Gasteiger partial charge in [-0.1, -0.05) is 11.6 Å². The van der Waals surface area contributed by atoms with E-state index in [9.17, 15) is 19.7 Å². The molecule has 0 unspecified atom stereocenters. The summed E-state index contributed by atoms with van der Waals surface area (Å²) in [4.78, 5) is 39.2. The molecule has 3 rings (SSSR count). The van der Waals surface area contributed by atoms with Crippen LogP contribution in [0.5, 0.6) is 0 Å². The maximum Gasteiger partial charge on any atom is 0.278 e. The Morgan fingerprint density at radius 3 is 2.42 bits per heavy atom. The fourth-order valence-electron chi connectivity index (χ4n) is 2.43. The summed E-state index contributed by atoms with van der Waals surface area (Å²) < 4.78 is 0. The van der Waals surface area contributed by atoms with Crippen molar-refractivity contribution in [1.29, 1.82) is 0 Å². The number of fused-ring (bicyclic) bond motifs is 1. The third kappa shape index (κ3) is 3.31. The molecule has 0 radical (unpaired) electrons. The number of nitro benzene ring substituents is 1. The fraction of sp³-hybridized carbons (Fsp3) is 0. The number of non-ortho nitro benzene ring substituents is 1. The molecule has 0 spiro atoms. The highest BCUT2D eigenvalue weighted by molar-refractivity contribution is 6.32. The molecular weight excluding hydrogens is 360 g/mol. The van der Waals surface area contributed by atoms with Gasteiger partial charge in [0.1, 0.15) is 5.69 Å². The minimum atomic E-state index is -0.797. The third-order valence-corrected chi connectivity index (χ3v) is 3.85. The molecule has 3 N–H and O–H groups in total. The molecule has 3 aromatic rings. The van der Waals surface area contributed by atoms with Gasteiger partial charge in [-0.15, -0.1) is 0 Å². The number of pyridine rings is 1. The van der Waals surface area contributed by atoms with Crippen molar-refractivity contribution >= 4 is 45.6 Å². The second kappa shape index (κ2) is 6.77. The number of rotatable bonds is 3. The highest BCUT2D eigenvalue weighted by Crippen LogP contribution is 2.30. The number of nitrogens with one attached hydrogen (secondary N) is 1. The van der Waals surface area contributed by atoms with E-state index in [1.807, 2.05) is 0 Å². The Morgan fingerprint density at radius 2 is 1.77 bits per heavy atom. The van der Waals surface area contributed by atoms with Crippen molar-refractivity contribution in [2.75, 3.05) is 5.73 Å². The van der Waals surface area contributed by atoms with Crippen LogP contribution in [0.3, 0.4) is 0 Å². The van der Waals surface area contributed by atoms with Crippen molar-refractivity contribution in [3.8, 4) is 0 Å². The smallest absolute Gasteiger partial charge is 0.278 e. The molecule has 0 aliphatic carbocycles. The lowest BCUT2D eigenvalue weighted by Gasteiger charge is -2.07. The summed E-state index contributed by atoms with van der Waals surface area (Å²) in [5.74, 6) is -1.45. The molecule has 2 aromatic carbocycles. The molecule has 26 heavy (non-hydrogen) atoms. The monoisotopic (exact) mass is 370 g/mol. The highest BCUT2D eigenvalue weighted by Gasteiger charge is 2.21. The van der Waals surface area contributed by atoms with E-state index in [1.165, 1.54) is 48.7 Å². The second-order valence-electron chi connectivity index (χ2n) is 5.34. The Balaban J connectivity index is 1.99. The van der Waals surface area contributed by atoms with Crippen LogP contribution < -0.4 is 11.1 Å². The number of carbonyl (C=O) groups excluding carboxylic acids is 2. The first-order valence-electron chi connectivity index (χ1n) is 7.30. The zero-order chi connectivity index (χ0) is 18.8. The normalized spacial score (nSPS) is 10.5. The van der Waals surface area contributed by atoms with Crippen molar-refractivity contribution in [2.45, 2.75) is 0 Å². The summed E-state index contributed by atoms with van der Waals surface area (Å²) in [5.41, 5.74) is 5.87. The van der Waals surface area contributed by atoms with Crippen molar-refractivity contribution < 1.29 is 14.5 Å². The molecule has 0 saturated carbocycles. The van der Waals surface area contributed by atoms with Gasteiger partial charge in [-0.2, -0.15) is 0 Å². The van der Waals surface area contributed by atoms with Gasteiger partial charge in [0.05, 0.1) is 10.3 Å². The number of aromatic nitrogens is 1. The lowest BCUT2D eigenvalue weighted by Crippen LogP contribution is -2.31. The average Bonchev–Trinajstić information content (AvgIpc) is 2.60. The van der Waals surface area contributed by atoms with Gasteiger partial charge >= 0.3 is 0 Å². The SMILES string of the molecule is Nc1ccc(C(=O)NC(=O)c2nccc3c([N+](=O)[O-])cc(Cl)cc23)cc1. The third-order valence-electron chi connectivity index (χ3n) is 3.63. The van der Waals surface area contributed by atoms with Crippen molar-refractivity contribution in [3.05, 3.63) is 75.1 Å². The Morgan fingerprint density at radius 1 is 1.08 bits per heavy atom. The number of carbonyl (C=O) groups is 2. The quantitative estimate of drug-likeness (QED) is 0.315. The molecule has 8 nitrogen and oxygen atoms in total. The number of nitrogen functional groups attached to an aromatic ring is 1. The van der Waals surface area contributed by atoms with Gasteiger partial charge in [0.2, 0.25) is 0 Å². The van der Waals surface area contributed by atoms with Gasteiger partial charge in [0, 0.05) is 33.9 Å². The number of anilines is 1. The summed E-state index contributed by atoms with van der Waals surface area (Å²) in [7, 11) is 0. The average molecular weight is 371 g/mol. The molecule has 0 bridgehead atoms. The molecule has 1 heterocycles. The first kappa shape index (κ1) is 17.3. The molecule has 2 amide bonds. The molecule has 0 aliphatic heterocycles. The van der Waals surface area contributed by atoms with Gasteiger partial charge in [-0.05, 0) is 36.4 Å². The maximum atomic E-state index is 12.5. The summed E-state index contributed by atoms with van der Waals surface area (Å²) in [5, 5.41) is 13.8. The molecule has 0 atom stereocenters. The van der Waals surface area contributed by atoms with E-state index in [-0.39, 0.29) is 32.7 Å². The number of nitro groups is 1. The van der Waals surface area contributed by atoms with Crippen LogP contribution in [0.4, 0.5) is 11.4 Å². The first-order valence-corrected chi connectivity index (χ1v) is 7.68. The summed E-state index contributed by atoms with van der Waals surface area (Å²) in [6, 6.07) is 9.97. The number of hydrogen-bond donors (Lipinski definition) is 2. The number of nitrogens with zero attached hydrogens (tertiary/aromatic N) is 2. The Kier molecular flexibility index (Phi) is 4.51. The summed E-state index contributed by atoms with van der Waals surface area (Å²) in [6.07, 6.45) is 1.26. The van der Waals surface area contributed by atoms with E-state index >= 15 is 0 Å². The molecule has 0 fully saturated rings. The van der Waals surface area contributed by atoms with Crippen LogP contribution in [0.2, 0.25) is 5.02 Å². The van der Waals surface area contributed by atoms with Gasteiger partial charge in [0.15, 0.2) is 0 Å². The van der Waals surface area contributed by atoms with Crippen LogP contribution in [-0.4, -0.2) is 21.7 Å². The molecule has 1 aromatic heterocycles. The molecular formula is C17H11ClN4O4.